The van der Waals surface area contributed by atoms with Crippen molar-refractivity contribution in [1.82, 2.24) is 4.31 Å². The highest BCUT2D eigenvalue weighted by Gasteiger charge is 2.34. The Hall–Kier alpha value is -2.79. The number of nitrogens with zero attached hydrogens (tertiary/aromatic N) is 2. The zero-order valence-corrected chi connectivity index (χ0v) is 18.3. The Kier molecular flexibility index (Phi) is 6.70. The topological polar surface area (TPSA) is 87.1 Å². The van der Waals surface area contributed by atoms with Gasteiger partial charge in [0.2, 0.25) is 10.0 Å². The number of alkyl halides is 3. The average molecular weight is 472 g/mol. The lowest BCUT2D eigenvalue weighted by Crippen LogP contribution is -2.54. The Morgan fingerprint density at radius 3 is 2.38 bits per heavy atom. The summed E-state index contributed by atoms with van der Waals surface area (Å²) in [6, 6.07) is 9.55. The number of carboxylic acid groups (broad SMARTS) is 1. The van der Waals surface area contributed by atoms with Crippen molar-refractivity contribution in [3.63, 3.8) is 0 Å². The van der Waals surface area contributed by atoms with Gasteiger partial charge < -0.3 is 14.7 Å². The third kappa shape index (κ3) is 5.71. The van der Waals surface area contributed by atoms with Gasteiger partial charge in [0.25, 0.3) is 0 Å². The molecule has 0 aliphatic carbocycles. The molecular weight excluding hydrogens is 449 g/mol. The number of rotatable bonds is 6. The lowest BCUT2D eigenvalue weighted by Gasteiger charge is -2.40. The summed E-state index contributed by atoms with van der Waals surface area (Å²) in [5.74, 6) is -1.38. The Balaban J connectivity index is 1.75. The molecule has 1 fully saturated rings. The minimum absolute atomic E-state index is 0.0442. The molecule has 32 heavy (non-hydrogen) atoms. The van der Waals surface area contributed by atoms with Crippen molar-refractivity contribution < 1.29 is 36.2 Å². The average Bonchev–Trinajstić information content (AvgIpc) is 2.66. The predicted molar refractivity (Wildman–Crippen MR) is 111 cm³/mol. The maximum Gasteiger partial charge on any atom is 0.573 e. The zero-order chi connectivity index (χ0) is 23.7. The number of hydrogen-bond acceptors (Lipinski definition) is 5. The summed E-state index contributed by atoms with van der Waals surface area (Å²) in [7, 11) is -3.86. The quantitative estimate of drug-likeness (QED) is 0.693. The third-order valence-electron chi connectivity index (χ3n) is 5.07. The molecule has 1 heterocycles. The third-order valence-corrected chi connectivity index (χ3v) is 7.07. The number of carboxylic acids is 1. The smallest absolute Gasteiger partial charge is 0.481 e. The van der Waals surface area contributed by atoms with E-state index in [1.165, 1.54) is 40.7 Å². The van der Waals surface area contributed by atoms with Crippen LogP contribution < -0.4 is 9.64 Å². The van der Waals surface area contributed by atoms with Crippen LogP contribution in [0.25, 0.3) is 0 Å². The van der Waals surface area contributed by atoms with Crippen LogP contribution in [0.5, 0.6) is 5.75 Å². The van der Waals surface area contributed by atoms with Crippen LogP contribution in [0.1, 0.15) is 18.1 Å². The van der Waals surface area contributed by atoms with Crippen molar-refractivity contribution in [3.8, 4) is 5.75 Å². The van der Waals surface area contributed by atoms with E-state index in [0.717, 1.165) is 0 Å². The molecule has 7 nitrogen and oxygen atoms in total. The van der Waals surface area contributed by atoms with Crippen LogP contribution in [-0.2, 0) is 21.2 Å². The molecule has 3 rings (SSSR count). The summed E-state index contributed by atoms with van der Waals surface area (Å²) in [4.78, 5) is 13.0. The number of ether oxygens (including phenoxy) is 1. The van der Waals surface area contributed by atoms with Gasteiger partial charge >= 0.3 is 12.3 Å². The van der Waals surface area contributed by atoms with E-state index in [1.807, 2.05) is 4.90 Å². The number of aliphatic carboxylic acids is 1. The molecular formula is C21H23F3N2O5S. The highest BCUT2D eigenvalue weighted by Crippen LogP contribution is 2.28. The van der Waals surface area contributed by atoms with Crippen molar-refractivity contribution in [1.29, 1.82) is 0 Å². The van der Waals surface area contributed by atoms with Crippen molar-refractivity contribution >= 4 is 21.7 Å². The first-order valence-electron chi connectivity index (χ1n) is 9.80. The van der Waals surface area contributed by atoms with E-state index in [2.05, 4.69) is 4.74 Å². The Morgan fingerprint density at radius 2 is 1.81 bits per heavy atom. The number of aryl methyl sites for hydroxylation is 1. The molecule has 0 unspecified atom stereocenters. The van der Waals surface area contributed by atoms with Crippen molar-refractivity contribution in [2.45, 2.75) is 37.6 Å². The number of benzene rings is 2. The van der Waals surface area contributed by atoms with Gasteiger partial charge in [0.15, 0.2) is 0 Å². The lowest BCUT2D eigenvalue weighted by molar-refractivity contribution is -0.274. The van der Waals surface area contributed by atoms with Crippen LogP contribution in [0, 0.1) is 6.92 Å². The van der Waals surface area contributed by atoms with Crippen LogP contribution in [0.4, 0.5) is 18.9 Å². The number of carbonyl (C=O) groups is 1. The molecule has 2 aromatic rings. The Bertz CT molecular complexity index is 1090. The summed E-state index contributed by atoms with van der Waals surface area (Å²) in [6.07, 6.45) is -5.04. The van der Waals surface area contributed by atoms with E-state index in [-0.39, 0.29) is 23.6 Å². The first kappa shape index (κ1) is 23.9. The summed E-state index contributed by atoms with van der Waals surface area (Å²) in [5, 5.41) is 9.02. The second-order valence-corrected chi connectivity index (χ2v) is 9.57. The molecule has 0 spiro atoms. The molecule has 1 aliphatic heterocycles. The van der Waals surface area contributed by atoms with Gasteiger partial charge in [0.05, 0.1) is 11.3 Å². The summed E-state index contributed by atoms with van der Waals surface area (Å²) in [6.45, 7) is 4.31. The van der Waals surface area contributed by atoms with Gasteiger partial charge in [-0.05, 0) is 61.4 Å². The fourth-order valence-corrected chi connectivity index (χ4v) is 5.55. The van der Waals surface area contributed by atoms with E-state index < -0.39 is 28.4 Å². The molecule has 0 amide bonds. The van der Waals surface area contributed by atoms with Gasteiger partial charge in [-0.15, -0.1) is 13.2 Å². The second-order valence-electron chi connectivity index (χ2n) is 7.68. The standard InChI is InChI=1S/C21H23F3N2O5S/c1-14-9-16(12-20(27)28)11-19(10-14)32(29,30)26-8-7-25(13-15(26)2)17-3-5-18(6-4-17)31-21(22,23)24/h3-6,9-11,15H,7-8,12-13H2,1-2H3,(H,27,28)/t15-/m0/s1. The van der Waals surface area contributed by atoms with E-state index in [1.54, 1.807) is 19.9 Å². The van der Waals surface area contributed by atoms with Gasteiger partial charge in [-0.3, -0.25) is 4.79 Å². The number of halogens is 3. The van der Waals surface area contributed by atoms with Gasteiger partial charge in [0.1, 0.15) is 5.75 Å². The Labute approximate surface area is 184 Å². The summed E-state index contributed by atoms with van der Waals surface area (Å²) >= 11 is 0. The molecule has 174 valence electrons. The molecule has 0 radical (unpaired) electrons. The van der Waals surface area contributed by atoms with Gasteiger partial charge in [0, 0.05) is 31.4 Å². The monoisotopic (exact) mass is 472 g/mol. The molecule has 1 saturated heterocycles. The first-order chi connectivity index (χ1) is 14.8. The van der Waals surface area contributed by atoms with Crippen LogP contribution in [-0.4, -0.2) is 55.8 Å². The number of hydrogen-bond donors (Lipinski definition) is 1. The predicted octanol–water partition coefficient (Wildman–Crippen LogP) is 3.42. The Morgan fingerprint density at radius 1 is 1.16 bits per heavy atom. The van der Waals surface area contributed by atoms with Crippen molar-refractivity contribution in [2.75, 3.05) is 24.5 Å². The summed E-state index contributed by atoms with van der Waals surface area (Å²) in [5.41, 5.74) is 1.71. The van der Waals surface area contributed by atoms with Crippen LogP contribution in [0.3, 0.4) is 0 Å². The second kappa shape index (κ2) is 8.99. The minimum atomic E-state index is -4.77. The normalized spacial score (nSPS) is 17.9. The molecule has 1 N–H and O–H groups in total. The maximum atomic E-state index is 13.2. The molecule has 0 saturated carbocycles. The highest BCUT2D eigenvalue weighted by atomic mass is 32.2. The molecule has 11 heteroatoms. The fraction of sp³-hybridized carbons (Fsp3) is 0.381. The fourth-order valence-electron chi connectivity index (χ4n) is 3.78. The first-order valence-corrected chi connectivity index (χ1v) is 11.2. The van der Waals surface area contributed by atoms with Gasteiger partial charge in [-0.25, -0.2) is 8.42 Å². The van der Waals surface area contributed by atoms with Gasteiger partial charge in [-0.2, -0.15) is 4.31 Å². The van der Waals surface area contributed by atoms with Crippen molar-refractivity contribution in [2.24, 2.45) is 0 Å². The van der Waals surface area contributed by atoms with Crippen LogP contribution in [0.15, 0.2) is 47.4 Å². The minimum Gasteiger partial charge on any atom is -0.481 e. The lowest BCUT2D eigenvalue weighted by atomic mass is 10.1. The van der Waals surface area contributed by atoms with E-state index in [9.17, 15) is 26.4 Å². The molecule has 2 aromatic carbocycles. The molecule has 0 bridgehead atoms. The molecule has 1 aliphatic rings. The van der Waals surface area contributed by atoms with Crippen LogP contribution in [0.2, 0.25) is 0 Å². The zero-order valence-electron chi connectivity index (χ0n) is 17.5. The van der Waals surface area contributed by atoms with E-state index in [0.29, 0.717) is 29.9 Å². The number of anilines is 1. The van der Waals surface area contributed by atoms with E-state index in [4.69, 9.17) is 5.11 Å². The number of sulfonamides is 1. The SMILES string of the molecule is Cc1cc(CC(=O)O)cc(S(=O)(=O)N2CCN(c3ccc(OC(F)(F)F)cc3)C[C@@H]2C)c1. The van der Waals surface area contributed by atoms with Crippen LogP contribution >= 0.6 is 0 Å². The molecule has 1 atom stereocenters. The van der Waals surface area contributed by atoms with Crippen molar-refractivity contribution in [3.05, 3.63) is 53.6 Å². The summed E-state index contributed by atoms with van der Waals surface area (Å²) < 4.78 is 68.7. The molecule has 0 aromatic heterocycles. The maximum absolute atomic E-state index is 13.2. The largest absolute Gasteiger partial charge is 0.573 e. The van der Waals surface area contributed by atoms with E-state index >= 15 is 0 Å². The highest BCUT2D eigenvalue weighted by molar-refractivity contribution is 7.89. The van der Waals surface area contributed by atoms with Gasteiger partial charge in [-0.1, -0.05) is 6.07 Å². The number of piperazine rings is 1.